The zero-order valence-corrected chi connectivity index (χ0v) is 54.5. The average Bonchev–Trinajstić information content (AvgIpc) is 1.59. The minimum absolute atomic E-state index is 0.0547. The number of ether oxygens (including phenoxy) is 2. The summed E-state index contributed by atoms with van der Waals surface area (Å²) < 4.78 is 14.2. The molecule has 2 aromatic rings. The summed E-state index contributed by atoms with van der Waals surface area (Å²) in [6.45, 7) is 3.48. The third kappa shape index (κ3) is 9.30. The van der Waals surface area contributed by atoms with Crippen LogP contribution in [0.15, 0.2) is 58.5 Å². The molecule has 2 aromatic carbocycles. The molecule has 20 atom stereocenters. The number of nitrogens with one attached hydrogen (secondary N) is 1. The van der Waals surface area contributed by atoms with Crippen molar-refractivity contribution in [3.63, 3.8) is 0 Å². The number of carbonyl (C=O) groups is 2. The molecule has 89 heavy (non-hydrogen) atoms. The van der Waals surface area contributed by atoms with Crippen LogP contribution in [0, 0.1) is 80.8 Å². The van der Waals surface area contributed by atoms with Gasteiger partial charge in [0.15, 0.2) is 23.4 Å². The molecule has 14 nitrogen and oxygen atoms in total. The minimum Gasteiger partial charge on any atom is -0.504 e. The first-order valence-corrected chi connectivity index (χ1v) is 37.9. The van der Waals surface area contributed by atoms with Crippen LogP contribution in [-0.2, 0) is 27.3 Å². The van der Waals surface area contributed by atoms with E-state index in [2.05, 4.69) is 80.4 Å². The molecule has 20 rings (SSSR count). The number of rotatable bonds is 4. The number of esters is 1. The Morgan fingerprint density at radius 1 is 0.820 bits per heavy atom. The maximum atomic E-state index is 15.2. The van der Waals surface area contributed by atoms with E-state index in [0.29, 0.717) is 73.9 Å². The number of allylic oxidation sites excluding steroid dienone is 1. The second-order valence-electron chi connectivity index (χ2n) is 32.4. The Morgan fingerprint density at radius 2 is 1.56 bits per heavy atom. The Morgan fingerprint density at radius 3 is 2.38 bits per heavy atom. The van der Waals surface area contributed by atoms with Crippen molar-refractivity contribution in [2.45, 2.75) is 233 Å². The topological polar surface area (TPSA) is 231 Å². The average molecular weight is 1250 g/mol. The predicted octanol–water partition coefficient (Wildman–Crippen LogP) is 11.9. The number of aliphatic imine (C=N–C) groups is 2. The van der Waals surface area contributed by atoms with Crippen LogP contribution in [0.5, 0.6) is 11.5 Å². The lowest BCUT2D eigenvalue weighted by molar-refractivity contribution is -0.204. The molecule has 10 saturated carbocycles. The van der Waals surface area contributed by atoms with Crippen LogP contribution in [0.25, 0.3) is 0 Å². The summed E-state index contributed by atoms with van der Waals surface area (Å²) in [7, 11) is 4.15. The first-order chi connectivity index (χ1) is 43.0. The molecule has 11 fully saturated rings. The maximum absolute atomic E-state index is 15.2. The summed E-state index contributed by atoms with van der Waals surface area (Å²) in [5, 5.41) is 43.8. The van der Waals surface area contributed by atoms with Crippen LogP contribution in [-0.4, -0.2) is 97.7 Å². The van der Waals surface area contributed by atoms with Crippen LogP contribution in [0.4, 0.5) is 0 Å². The van der Waals surface area contributed by atoms with Crippen LogP contribution < -0.4 is 27.3 Å². The van der Waals surface area contributed by atoms with Crippen molar-refractivity contribution in [3.8, 4) is 11.5 Å². The van der Waals surface area contributed by atoms with Gasteiger partial charge in [0.25, 0.3) is 0 Å². The van der Waals surface area contributed by atoms with Crippen molar-refractivity contribution in [1.82, 2.24) is 10.2 Å². The molecule has 7 aliphatic heterocycles. The molecular formula is C73H101N7O7S2. The van der Waals surface area contributed by atoms with Gasteiger partial charge in [0.05, 0.1) is 12.2 Å². The number of nitrogens with zero attached hydrogens (tertiary/aromatic N) is 3. The summed E-state index contributed by atoms with van der Waals surface area (Å²) in [6, 6.07) is 13.1. The Labute approximate surface area is 536 Å². The molecule has 11 aliphatic carbocycles. The number of aromatic hydroxyl groups is 1. The maximum Gasteiger partial charge on any atom is 0.303 e. The molecule has 0 radical (unpaired) electrons. The van der Waals surface area contributed by atoms with Crippen LogP contribution in [0.3, 0.4) is 0 Å². The van der Waals surface area contributed by atoms with Crippen molar-refractivity contribution in [1.29, 1.82) is 0 Å². The first-order valence-electron chi connectivity index (χ1n) is 35.6. The minimum atomic E-state index is -0.871. The largest absolute Gasteiger partial charge is 0.504 e. The van der Waals surface area contributed by atoms with Crippen LogP contribution in [0.2, 0.25) is 0 Å². The summed E-state index contributed by atoms with van der Waals surface area (Å²) in [6.07, 6.45) is 31.3. The highest BCUT2D eigenvalue weighted by Crippen LogP contribution is 2.75. The quantitative estimate of drug-likeness (QED) is 0.0497. The third-order valence-electron chi connectivity index (χ3n) is 28.9. The van der Waals surface area contributed by atoms with E-state index in [9.17, 15) is 20.1 Å². The van der Waals surface area contributed by atoms with E-state index in [1.165, 1.54) is 37.7 Å². The molecule has 10 N–H and O–H groups in total. The molecule has 482 valence electrons. The highest BCUT2D eigenvalue weighted by Gasteiger charge is 2.71. The molecule has 0 aromatic heterocycles. The van der Waals surface area contributed by atoms with Crippen molar-refractivity contribution >= 4 is 45.4 Å². The van der Waals surface area contributed by atoms with E-state index in [-0.39, 0.29) is 105 Å². The van der Waals surface area contributed by atoms with Crippen LogP contribution in [0.1, 0.15) is 214 Å². The number of carbonyl (C=O) groups excluding carboxylic acids is 2. The van der Waals surface area contributed by atoms with Crippen molar-refractivity contribution in [2.24, 2.45) is 108 Å². The monoisotopic (exact) mass is 1250 g/mol. The fraction of sp³-hybridized carbons (Fsp3) is 0.753. The Balaban J connectivity index is 0.808. The number of amides is 1. The predicted molar refractivity (Wildman–Crippen MR) is 351 cm³/mol. The van der Waals surface area contributed by atoms with Gasteiger partial charge >= 0.3 is 5.97 Å². The lowest BCUT2D eigenvalue weighted by atomic mass is 9.47. The van der Waals surface area contributed by atoms with Gasteiger partial charge in [-0.2, -0.15) is 0 Å². The second kappa shape index (κ2) is 22.3. The van der Waals surface area contributed by atoms with Gasteiger partial charge in [0.1, 0.15) is 16.1 Å². The summed E-state index contributed by atoms with van der Waals surface area (Å²) in [4.78, 5) is 40.7. The van der Waals surface area contributed by atoms with E-state index in [1.54, 1.807) is 6.92 Å². The van der Waals surface area contributed by atoms with Gasteiger partial charge in [-0.25, -0.2) is 0 Å². The number of aliphatic hydroxyl groups excluding tert-OH is 2. The molecule has 6 spiro atoms. The highest BCUT2D eigenvalue weighted by molar-refractivity contribution is 8.77. The normalized spacial score (nSPS) is 45.0. The van der Waals surface area contributed by atoms with Crippen molar-refractivity contribution in [3.05, 3.63) is 70.8 Å². The smallest absolute Gasteiger partial charge is 0.303 e. The molecule has 18 aliphatic rings. The van der Waals surface area contributed by atoms with E-state index in [1.807, 2.05) is 4.90 Å². The highest BCUT2D eigenvalue weighted by atomic mass is 33.1. The number of hydrogen-bond acceptors (Lipinski definition) is 13. The molecule has 1 amide bonds. The standard InChI is InChI=1S/C73H101N7O7S2/c1-43(81)86-72-35-48-15-17-53(72)32-50-30-51(62(84)63-60(50)45-21-29-71(87-63)27-7-12-52(71)31-45)40-80-42-68(37-58(80)83)54(19-20-56(68)44-10-3-2-4-11-44)39-78-66(76)79-73(28-8-24-67(73)22-5-6-23-67)89-88-41-55-18-16-46(59(48)57(82)36-72)33-69(55)25-9-26-70(69)34-47-13-14-49(38-77-65(74)75)61(47)64(70)85/h2-4,10-11,21,29-30,45-49,52-57,59,61,64,82,84-85H,5-9,12-20,22-28,31-42H2,1H3,(H4,74,75,77)(H3,76,78,79)/t45-,46-,47-,48-,49-,52-,53+,54+,55+,56+,57+,59+,61+,64-,68-,69+,70+,71+,72-,73-/m0/s1. The van der Waals surface area contributed by atoms with Gasteiger partial charge in [-0.1, -0.05) is 77.3 Å². The number of hydrogen-bond donors (Lipinski definition) is 7. The van der Waals surface area contributed by atoms with Gasteiger partial charge in [-0.05, 0) is 230 Å². The van der Waals surface area contributed by atoms with Gasteiger partial charge in [0.2, 0.25) is 5.91 Å². The number of nitrogens with two attached hydrogens (primary N) is 3. The molecule has 7 heterocycles. The second-order valence-corrected chi connectivity index (χ2v) is 35.0. The number of aliphatic hydroxyl groups is 2. The first kappa shape index (κ1) is 59.9. The summed E-state index contributed by atoms with van der Waals surface area (Å²) in [5.41, 5.74) is 21.5. The molecule has 0 unspecified atom stereocenters. The fourth-order valence-electron chi connectivity index (χ4n) is 25.4. The SMILES string of the molecule is CC(=O)O[C@]12C[C@@H]3CC[C@@H]1Cc1cc(c(O)c4c1[C@H]1C=C[C@@]5(CCC[C@H]5C1)O4)CN1C[C@@]4(CC1=O)[C@H](CC[C@@H]4c1ccccc1)CN=C(N)N[C@@]1(CCCC14CCCC4)SSC[C@H]1CC[C@@H](C[C@]14CCC[C@]41C[C@@H]4CC[C@@H](CN=C(N)N)[C@@H]4[C@@H]1O)[C@H]3[C@H](O)C2. The van der Waals surface area contributed by atoms with E-state index in [4.69, 9.17) is 31.7 Å². The van der Waals surface area contributed by atoms with Crippen molar-refractivity contribution < 1.29 is 34.4 Å². The zero-order valence-electron chi connectivity index (χ0n) is 52.9. The fourth-order valence-corrected chi connectivity index (χ4v) is 29.4. The third-order valence-corrected chi connectivity index (χ3v) is 32.2. The Hall–Kier alpha value is -4.12. The molecule has 16 heteroatoms. The number of phenolic OH excluding ortho intramolecular Hbond substituents is 1. The number of guanidine groups is 2. The molecular weight excluding hydrogens is 1150 g/mol. The number of benzene rings is 2. The van der Waals surface area contributed by atoms with E-state index < -0.39 is 28.8 Å². The molecule has 1 saturated heterocycles. The number of phenols is 1. The Bertz CT molecular complexity index is 3180. The van der Waals surface area contributed by atoms with Crippen molar-refractivity contribution in [2.75, 3.05) is 25.4 Å². The van der Waals surface area contributed by atoms with Crippen LogP contribution >= 0.6 is 21.6 Å². The molecule has 12 bridgehead atoms. The summed E-state index contributed by atoms with van der Waals surface area (Å²) >= 11 is 0. The van der Waals surface area contributed by atoms with Gasteiger partial charge in [-0.15, -0.1) is 0 Å². The van der Waals surface area contributed by atoms with Gasteiger partial charge in [0, 0.05) is 96.8 Å². The zero-order chi connectivity index (χ0) is 60.9. The number of fused-ring (bicyclic) bond motifs is 1. The van der Waals surface area contributed by atoms with E-state index in [0.717, 1.165) is 145 Å². The lowest BCUT2D eigenvalue weighted by Crippen LogP contribution is -2.60. The van der Waals surface area contributed by atoms with E-state index >= 15 is 4.79 Å². The van der Waals surface area contributed by atoms with Gasteiger partial charge in [-0.3, -0.25) is 19.6 Å². The lowest BCUT2D eigenvalue weighted by Gasteiger charge is -2.60. The Kier molecular flexibility index (Phi) is 15.0. The summed E-state index contributed by atoms with van der Waals surface area (Å²) in [5.74, 6) is 4.57. The van der Waals surface area contributed by atoms with Gasteiger partial charge < -0.3 is 52.2 Å².